The van der Waals surface area contributed by atoms with E-state index in [0.717, 1.165) is 0 Å². The van der Waals surface area contributed by atoms with Crippen LogP contribution in [0.5, 0.6) is 0 Å². The Morgan fingerprint density at radius 1 is 1.53 bits per heavy atom. The minimum Gasteiger partial charge on any atom is -0.349 e. The average molecular weight is 233 g/mol. The first-order valence-electron chi connectivity index (χ1n) is 4.41. The maximum absolute atomic E-state index is 11.6. The highest BCUT2D eigenvalue weighted by Gasteiger charge is 2.21. The monoisotopic (exact) mass is 233 g/mol. The van der Waals surface area contributed by atoms with E-state index in [0.29, 0.717) is 13.2 Å². The molecule has 0 saturated carbocycles. The highest BCUT2D eigenvalue weighted by molar-refractivity contribution is 7.89. The molecule has 8 heteroatoms. The van der Waals surface area contributed by atoms with Crippen LogP contribution in [0.15, 0.2) is 17.3 Å². The Labute approximate surface area is 86.8 Å². The number of sulfonamides is 1. The van der Waals surface area contributed by atoms with E-state index in [1.165, 1.54) is 12.3 Å². The maximum atomic E-state index is 11.6. The zero-order valence-electron chi connectivity index (χ0n) is 7.84. The second-order valence-electron chi connectivity index (χ2n) is 2.94. The molecule has 0 aliphatic carbocycles. The lowest BCUT2D eigenvalue weighted by molar-refractivity contribution is -0.0356. The van der Waals surface area contributed by atoms with Crippen molar-refractivity contribution in [2.45, 2.75) is 11.3 Å². The van der Waals surface area contributed by atoms with Gasteiger partial charge in [0.1, 0.15) is 0 Å². The van der Waals surface area contributed by atoms with Gasteiger partial charge < -0.3 is 9.47 Å². The lowest BCUT2D eigenvalue weighted by atomic mass is 10.7. The molecule has 0 aromatic carbocycles. The molecule has 1 aromatic rings. The number of ether oxygens (including phenoxy) is 2. The topological polar surface area (TPSA) is 93.3 Å². The number of hydrogen-bond donors (Lipinski definition) is 2. The fourth-order valence-corrected chi connectivity index (χ4v) is 2.10. The van der Waals surface area contributed by atoms with Gasteiger partial charge in [-0.05, 0) is 6.07 Å². The molecular formula is C7H11N3O4S. The summed E-state index contributed by atoms with van der Waals surface area (Å²) in [6.07, 6.45) is 0.875. The normalized spacial score (nSPS) is 18.4. The van der Waals surface area contributed by atoms with Crippen molar-refractivity contribution in [3.05, 3.63) is 12.3 Å². The van der Waals surface area contributed by atoms with E-state index in [2.05, 4.69) is 14.9 Å². The molecule has 2 heterocycles. The minimum absolute atomic E-state index is 0.0282. The van der Waals surface area contributed by atoms with Crippen LogP contribution in [-0.2, 0) is 19.5 Å². The summed E-state index contributed by atoms with van der Waals surface area (Å²) in [7, 11) is -3.53. The fraction of sp³-hybridized carbons (Fsp3) is 0.571. The molecule has 1 aliphatic rings. The van der Waals surface area contributed by atoms with E-state index >= 15 is 0 Å². The van der Waals surface area contributed by atoms with Crippen molar-refractivity contribution in [3.63, 3.8) is 0 Å². The highest BCUT2D eigenvalue weighted by Crippen LogP contribution is 2.05. The summed E-state index contributed by atoms with van der Waals surface area (Å²) in [6.45, 7) is 1.09. The van der Waals surface area contributed by atoms with Crippen molar-refractivity contribution < 1.29 is 17.9 Å². The van der Waals surface area contributed by atoms with Crippen LogP contribution in [0.4, 0.5) is 0 Å². The molecule has 2 rings (SSSR count). The van der Waals surface area contributed by atoms with Crippen LogP contribution < -0.4 is 4.72 Å². The molecule has 0 bridgehead atoms. The molecule has 1 aromatic heterocycles. The van der Waals surface area contributed by atoms with E-state index in [-0.39, 0.29) is 11.6 Å². The Morgan fingerprint density at radius 3 is 2.87 bits per heavy atom. The third-order valence-electron chi connectivity index (χ3n) is 1.90. The van der Waals surface area contributed by atoms with Crippen molar-refractivity contribution in [2.75, 3.05) is 19.8 Å². The molecule has 1 fully saturated rings. The van der Waals surface area contributed by atoms with Gasteiger partial charge in [0.05, 0.1) is 26.0 Å². The standard InChI is InChI=1S/C7H11N3O4S/c11-15(12,6-1-2-8-10-6)9-5-7-13-3-4-14-7/h1-2,7,9H,3-5H2,(H,8,10). The summed E-state index contributed by atoms with van der Waals surface area (Å²) in [5.41, 5.74) is 0. The largest absolute Gasteiger partial charge is 0.349 e. The first kappa shape index (κ1) is 10.6. The van der Waals surface area contributed by atoms with Gasteiger partial charge in [-0.2, -0.15) is 5.10 Å². The van der Waals surface area contributed by atoms with Crippen LogP contribution in [0.2, 0.25) is 0 Å². The number of nitrogens with one attached hydrogen (secondary N) is 2. The second-order valence-corrected chi connectivity index (χ2v) is 4.68. The van der Waals surface area contributed by atoms with E-state index in [4.69, 9.17) is 9.47 Å². The van der Waals surface area contributed by atoms with Gasteiger partial charge in [0.15, 0.2) is 11.3 Å². The number of rotatable bonds is 4. The van der Waals surface area contributed by atoms with Crippen LogP contribution in [0.1, 0.15) is 0 Å². The number of hydrogen-bond acceptors (Lipinski definition) is 5. The number of H-pyrrole nitrogens is 1. The SMILES string of the molecule is O=S(=O)(NCC1OCCO1)c1ccn[nH]1. The Morgan fingerprint density at radius 2 is 2.27 bits per heavy atom. The van der Waals surface area contributed by atoms with Gasteiger partial charge in [-0.25, -0.2) is 13.1 Å². The number of aromatic nitrogens is 2. The van der Waals surface area contributed by atoms with E-state index < -0.39 is 16.3 Å². The zero-order chi connectivity index (χ0) is 10.7. The maximum Gasteiger partial charge on any atom is 0.257 e. The molecule has 0 spiro atoms. The number of nitrogens with zero attached hydrogens (tertiary/aromatic N) is 1. The summed E-state index contributed by atoms with van der Waals surface area (Å²) in [5.74, 6) is 0. The fourth-order valence-electron chi connectivity index (χ4n) is 1.17. The van der Waals surface area contributed by atoms with Gasteiger partial charge in [-0.3, -0.25) is 5.10 Å². The van der Waals surface area contributed by atoms with Gasteiger partial charge in [-0.15, -0.1) is 0 Å². The molecule has 1 saturated heterocycles. The summed E-state index contributed by atoms with van der Waals surface area (Å²) >= 11 is 0. The van der Waals surface area contributed by atoms with E-state index in [1.807, 2.05) is 0 Å². The summed E-state index contributed by atoms with van der Waals surface area (Å²) < 4.78 is 35.6. The molecule has 0 radical (unpaired) electrons. The first-order valence-corrected chi connectivity index (χ1v) is 5.89. The minimum atomic E-state index is -3.53. The number of aromatic amines is 1. The Hall–Kier alpha value is -0.960. The predicted molar refractivity (Wildman–Crippen MR) is 49.5 cm³/mol. The van der Waals surface area contributed by atoms with Crippen molar-refractivity contribution >= 4 is 10.0 Å². The molecule has 0 atom stereocenters. The lowest BCUT2D eigenvalue weighted by Crippen LogP contribution is -2.32. The molecule has 84 valence electrons. The second kappa shape index (κ2) is 4.27. The van der Waals surface area contributed by atoms with Crippen molar-refractivity contribution in [1.82, 2.24) is 14.9 Å². The summed E-state index contributed by atoms with van der Waals surface area (Å²) in [4.78, 5) is 0. The van der Waals surface area contributed by atoms with Gasteiger partial charge >= 0.3 is 0 Å². The van der Waals surface area contributed by atoms with Gasteiger partial charge in [0.2, 0.25) is 0 Å². The van der Waals surface area contributed by atoms with Crippen molar-refractivity contribution in [2.24, 2.45) is 0 Å². The van der Waals surface area contributed by atoms with Crippen molar-refractivity contribution in [3.8, 4) is 0 Å². The first-order chi connectivity index (χ1) is 7.18. The van der Waals surface area contributed by atoms with Gasteiger partial charge in [0.25, 0.3) is 10.0 Å². The quantitative estimate of drug-likeness (QED) is 0.700. The lowest BCUT2D eigenvalue weighted by Gasteiger charge is -2.09. The molecular weight excluding hydrogens is 222 g/mol. The average Bonchev–Trinajstić information content (AvgIpc) is 2.88. The van der Waals surface area contributed by atoms with Crippen LogP contribution in [0, 0.1) is 0 Å². The van der Waals surface area contributed by atoms with Gasteiger partial charge in [-0.1, -0.05) is 0 Å². The van der Waals surface area contributed by atoms with Crippen LogP contribution >= 0.6 is 0 Å². The van der Waals surface area contributed by atoms with Crippen LogP contribution in [-0.4, -0.2) is 44.7 Å². The molecule has 1 aliphatic heterocycles. The van der Waals surface area contributed by atoms with Crippen LogP contribution in [0.25, 0.3) is 0 Å². The van der Waals surface area contributed by atoms with Crippen LogP contribution in [0.3, 0.4) is 0 Å². The molecule has 7 nitrogen and oxygen atoms in total. The van der Waals surface area contributed by atoms with E-state index in [9.17, 15) is 8.42 Å². The zero-order valence-corrected chi connectivity index (χ0v) is 8.66. The molecule has 0 amide bonds. The molecule has 15 heavy (non-hydrogen) atoms. The highest BCUT2D eigenvalue weighted by atomic mass is 32.2. The van der Waals surface area contributed by atoms with E-state index in [1.54, 1.807) is 0 Å². The smallest absolute Gasteiger partial charge is 0.257 e. The third-order valence-corrected chi connectivity index (χ3v) is 3.25. The summed E-state index contributed by atoms with van der Waals surface area (Å²) in [5, 5.41) is 5.96. The molecule has 2 N–H and O–H groups in total. The Kier molecular flexibility index (Phi) is 3.00. The Bertz CT molecular complexity index is 396. The molecule has 0 unspecified atom stereocenters. The third kappa shape index (κ3) is 2.53. The summed E-state index contributed by atoms with van der Waals surface area (Å²) in [6, 6.07) is 1.37. The predicted octanol–water partition coefficient (Wildman–Crippen LogP) is -0.939. The Balaban J connectivity index is 1.93. The van der Waals surface area contributed by atoms with Gasteiger partial charge in [0, 0.05) is 0 Å². The van der Waals surface area contributed by atoms with Crippen molar-refractivity contribution in [1.29, 1.82) is 0 Å².